The van der Waals surface area contributed by atoms with Gasteiger partial charge in [0.15, 0.2) is 11.5 Å². The second-order valence-corrected chi connectivity index (χ2v) is 6.49. The lowest BCUT2D eigenvalue weighted by Crippen LogP contribution is -2.03. The first-order chi connectivity index (χ1) is 15.0. The van der Waals surface area contributed by atoms with Crippen LogP contribution in [0, 0.1) is 21.4 Å². The number of hydrogen-bond donors (Lipinski definition) is 0. The van der Waals surface area contributed by atoms with Gasteiger partial charge in [0.1, 0.15) is 18.2 Å². The van der Waals surface area contributed by atoms with Crippen molar-refractivity contribution in [2.45, 2.75) is 6.61 Å². The predicted molar refractivity (Wildman–Crippen MR) is 115 cm³/mol. The number of hydrogen-bond acceptors (Lipinski definition) is 6. The maximum atomic E-state index is 12.7. The number of benzene rings is 3. The number of rotatable bonds is 8. The van der Waals surface area contributed by atoms with Crippen molar-refractivity contribution in [3.05, 3.63) is 105 Å². The molecule has 0 fully saturated rings. The molecular weight excluding hydrogens is 396 g/mol. The lowest BCUT2D eigenvalue weighted by atomic mass is 10.0. The van der Waals surface area contributed by atoms with Crippen LogP contribution in [-0.4, -0.2) is 17.8 Å². The van der Waals surface area contributed by atoms with Crippen molar-refractivity contribution in [2.75, 3.05) is 7.11 Å². The number of carbonyl (C=O) groups excluding carboxylic acids is 1. The summed E-state index contributed by atoms with van der Waals surface area (Å²) in [6.45, 7) is 0.362. The molecule has 3 aromatic rings. The van der Waals surface area contributed by atoms with E-state index < -0.39 is 10.7 Å². The highest BCUT2D eigenvalue weighted by Gasteiger charge is 2.16. The number of methoxy groups -OCH3 is 1. The van der Waals surface area contributed by atoms with Crippen molar-refractivity contribution in [3.63, 3.8) is 0 Å². The van der Waals surface area contributed by atoms with Crippen molar-refractivity contribution in [3.8, 4) is 17.6 Å². The van der Waals surface area contributed by atoms with E-state index in [0.29, 0.717) is 23.7 Å². The average Bonchev–Trinajstić information content (AvgIpc) is 2.81. The monoisotopic (exact) mass is 414 g/mol. The molecule has 0 saturated heterocycles. The third-order valence-corrected chi connectivity index (χ3v) is 4.42. The first kappa shape index (κ1) is 21.3. The fourth-order valence-electron chi connectivity index (χ4n) is 2.86. The van der Waals surface area contributed by atoms with Crippen LogP contribution in [0.4, 0.5) is 5.69 Å². The van der Waals surface area contributed by atoms with Gasteiger partial charge in [-0.3, -0.25) is 14.9 Å². The van der Waals surface area contributed by atoms with Gasteiger partial charge in [-0.25, -0.2) is 0 Å². The van der Waals surface area contributed by atoms with Crippen LogP contribution in [0.15, 0.2) is 78.4 Å². The zero-order valence-corrected chi connectivity index (χ0v) is 16.6. The van der Waals surface area contributed by atoms with Gasteiger partial charge in [-0.1, -0.05) is 48.5 Å². The predicted octanol–water partition coefficient (Wildman–Crippen LogP) is 4.97. The van der Waals surface area contributed by atoms with Crippen molar-refractivity contribution >= 4 is 17.5 Å². The van der Waals surface area contributed by atoms with Crippen LogP contribution in [0.1, 0.15) is 21.5 Å². The van der Waals surface area contributed by atoms with E-state index in [0.717, 1.165) is 11.6 Å². The largest absolute Gasteiger partial charge is 0.493 e. The second-order valence-electron chi connectivity index (χ2n) is 6.49. The van der Waals surface area contributed by atoms with Crippen LogP contribution in [0.3, 0.4) is 0 Å². The number of ether oxygens (including phenoxy) is 2. The smallest absolute Gasteiger partial charge is 0.270 e. The number of non-ortho nitro benzene ring substituents is 1. The lowest BCUT2D eigenvalue weighted by Gasteiger charge is -2.11. The van der Waals surface area contributed by atoms with E-state index in [2.05, 4.69) is 0 Å². The molecule has 0 bridgehead atoms. The van der Waals surface area contributed by atoms with Gasteiger partial charge >= 0.3 is 0 Å². The van der Waals surface area contributed by atoms with Crippen molar-refractivity contribution in [1.82, 2.24) is 0 Å². The third kappa shape index (κ3) is 5.34. The van der Waals surface area contributed by atoms with Gasteiger partial charge < -0.3 is 9.47 Å². The van der Waals surface area contributed by atoms with Crippen molar-refractivity contribution in [1.29, 1.82) is 5.26 Å². The SMILES string of the molecule is COc1cc(/C=C(\C#N)C(=O)c2cccc([N+](=O)[O-])c2)ccc1OCc1ccccc1. The van der Waals surface area contributed by atoms with E-state index in [1.165, 1.54) is 31.4 Å². The molecule has 0 radical (unpaired) electrons. The van der Waals surface area contributed by atoms with E-state index in [1.54, 1.807) is 18.2 Å². The molecule has 0 spiro atoms. The normalized spacial score (nSPS) is 10.8. The summed E-state index contributed by atoms with van der Waals surface area (Å²) in [5.74, 6) is 0.367. The summed E-state index contributed by atoms with van der Waals surface area (Å²) in [4.78, 5) is 23.0. The fourth-order valence-corrected chi connectivity index (χ4v) is 2.86. The summed E-state index contributed by atoms with van der Waals surface area (Å²) in [7, 11) is 1.50. The quantitative estimate of drug-likeness (QED) is 0.169. The first-order valence-corrected chi connectivity index (χ1v) is 9.27. The number of nitriles is 1. The molecule has 154 valence electrons. The minimum absolute atomic E-state index is 0.0665. The zero-order valence-electron chi connectivity index (χ0n) is 16.6. The van der Waals surface area contributed by atoms with Crippen LogP contribution in [0.5, 0.6) is 11.5 Å². The van der Waals surface area contributed by atoms with Crippen LogP contribution >= 0.6 is 0 Å². The molecule has 0 aromatic heterocycles. The van der Waals surface area contributed by atoms with Gasteiger partial charge in [-0.2, -0.15) is 5.26 Å². The standard InChI is InChI=1S/C24H18N2O5/c1-30-23-13-18(10-11-22(23)31-16-17-6-3-2-4-7-17)12-20(15-25)24(27)19-8-5-9-21(14-19)26(28)29/h2-14H,16H2,1H3/b20-12+. The van der Waals surface area contributed by atoms with Crippen molar-refractivity contribution in [2.24, 2.45) is 0 Å². The average molecular weight is 414 g/mol. The van der Waals surface area contributed by atoms with E-state index in [9.17, 15) is 20.2 Å². The highest BCUT2D eigenvalue weighted by molar-refractivity contribution is 6.14. The summed E-state index contributed by atoms with van der Waals surface area (Å²) in [5, 5.41) is 20.4. The van der Waals surface area contributed by atoms with E-state index >= 15 is 0 Å². The summed E-state index contributed by atoms with van der Waals surface area (Å²) in [5.41, 5.74) is 1.25. The highest BCUT2D eigenvalue weighted by Crippen LogP contribution is 2.30. The summed E-state index contributed by atoms with van der Waals surface area (Å²) >= 11 is 0. The van der Waals surface area contributed by atoms with Gasteiger partial charge in [0.2, 0.25) is 5.78 Å². The lowest BCUT2D eigenvalue weighted by molar-refractivity contribution is -0.384. The molecule has 0 unspecified atom stereocenters. The topological polar surface area (TPSA) is 102 Å². The Hall–Kier alpha value is -4.44. The molecule has 0 aliphatic rings. The summed E-state index contributed by atoms with van der Waals surface area (Å²) in [6.07, 6.45) is 1.41. The van der Waals surface area contributed by atoms with Gasteiger partial charge in [-0.05, 0) is 29.3 Å². The molecule has 31 heavy (non-hydrogen) atoms. The Morgan fingerprint density at radius 2 is 1.84 bits per heavy atom. The molecule has 7 nitrogen and oxygen atoms in total. The molecule has 3 aromatic carbocycles. The van der Waals surface area contributed by atoms with E-state index in [4.69, 9.17) is 9.47 Å². The minimum atomic E-state index is -0.602. The van der Waals surface area contributed by atoms with Gasteiger partial charge in [0, 0.05) is 17.7 Å². The number of carbonyl (C=O) groups is 1. The molecule has 0 N–H and O–H groups in total. The Bertz CT molecular complexity index is 1180. The number of Topliss-reactive ketones (excluding diaryl/α,β-unsaturated/α-hetero) is 1. The summed E-state index contributed by atoms with van der Waals surface area (Å²) in [6, 6.07) is 21.8. The third-order valence-electron chi connectivity index (χ3n) is 4.42. The molecule has 0 atom stereocenters. The number of nitro groups is 1. The maximum absolute atomic E-state index is 12.7. The van der Waals surface area contributed by atoms with Crippen LogP contribution < -0.4 is 9.47 Å². The maximum Gasteiger partial charge on any atom is 0.270 e. The number of nitrogens with zero attached hydrogens (tertiary/aromatic N) is 2. The molecule has 0 heterocycles. The Labute approximate surface area is 178 Å². The number of allylic oxidation sites excluding steroid dienone is 1. The van der Waals surface area contributed by atoms with Crippen LogP contribution in [0.25, 0.3) is 6.08 Å². The van der Waals surface area contributed by atoms with E-state index in [-0.39, 0.29) is 16.8 Å². The number of ketones is 1. The molecule has 3 rings (SSSR count). The van der Waals surface area contributed by atoms with Gasteiger partial charge in [0.25, 0.3) is 5.69 Å². The molecule has 0 saturated carbocycles. The van der Waals surface area contributed by atoms with E-state index in [1.807, 2.05) is 36.4 Å². The number of nitro benzene ring substituents is 1. The van der Waals surface area contributed by atoms with Crippen LogP contribution in [0.2, 0.25) is 0 Å². The Kier molecular flexibility index (Phi) is 6.76. The second kappa shape index (κ2) is 9.85. The Morgan fingerprint density at radius 3 is 2.52 bits per heavy atom. The molecule has 7 heteroatoms. The zero-order chi connectivity index (χ0) is 22.2. The van der Waals surface area contributed by atoms with Crippen molar-refractivity contribution < 1.29 is 19.2 Å². The summed E-state index contributed by atoms with van der Waals surface area (Å²) < 4.78 is 11.2. The Balaban J connectivity index is 1.83. The van der Waals surface area contributed by atoms with Gasteiger partial charge in [-0.15, -0.1) is 0 Å². The fraction of sp³-hybridized carbons (Fsp3) is 0.0833. The minimum Gasteiger partial charge on any atom is -0.493 e. The molecule has 0 aliphatic carbocycles. The first-order valence-electron chi connectivity index (χ1n) is 9.27. The highest BCUT2D eigenvalue weighted by atomic mass is 16.6. The van der Waals surface area contributed by atoms with Crippen LogP contribution in [-0.2, 0) is 6.61 Å². The van der Waals surface area contributed by atoms with Gasteiger partial charge in [0.05, 0.1) is 12.0 Å². The molecule has 0 aliphatic heterocycles. The molecular formula is C24H18N2O5. The molecule has 0 amide bonds. The Morgan fingerprint density at radius 1 is 1.06 bits per heavy atom.